The summed E-state index contributed by atoms with van der Waals surface area (Å²) in [5.41, 5.74) is 0.557. The minimum absolute atomic E-state index is 0.0968. The van der Waals surface area contributed by atoms with Crippen LogP contribution in [-0.4, -0.2) is 23.7 Å². The zero-order valence-corrected chi connectivity index (χ0v) is 11.4. The quantitative estimate of drug-likeness (QED) is 0.865. The molecule has 2 heterocycles. The number of piperidine rings is 1. The molecule has 0 unspecified atom stereocenters. The number of nitrogens with zero attached hydrogens (tertiary/aromatic N) is 1. The smallest absolute Gasteiger partial charge is 0.416 e. The maximum Gasteiger partial charge on any atom is 0.416 e. The summed E-state index contributed by atoms with van der Waals surface area (Å²) >= 11 is 0. The van der Waals surface area contributed by atoms with Crippen LogP contribution < -0.4 is 4.90 Å². The fourth-order valence-corrected chi connectivity index (χ4v) is 3.51. The molecule has 0 spiro atoms. The number of carbonyl (C=O) groups is 1. The van der Waals surface area contributed by atoms with Gasteiger partial charge in [-0.3, -0.25) is 4.79 Å². The van der Waals surface area contributed by atoms with Crippen molar-refractivity contribution >= 4 is 11.7 Å². The lowest BCUT2D eigenvalue weighted by molar-refractivity contribution is -0.142. The Morgan fingerprint density at radius 1 is 1.29 bits per heavy atom. The average Bonchev–Trinajstić information content (AvgIpc) is 2.44. The zero-order chi connectivity index (χ0) is 15.2. The third-order valence-electron chi connectivity index (χ3n) is 4.49. The summed E-state index contributed by atoms with van der Waals surface area (Å²) in [5.74, 6) is -1.55. The Bertz CT molecular complexity index is 571. The Labute approximate surface area is 120 Å². The summed E-state index contributed by atoms with van der Waals surface area (Å²) in [7, 11) is 0. The molecule has 2 aliphatic heterocycles. The molecule has 0 radical (unpaired) electrons. The minimum atomic E-state index is -4.40. The van der Waals surface area contributed by atoms with Crippen molar-refractivity contribution in [1.82, 2.24) is 0 Å². The SMILES string of the molecule is O=C(O)[C@H]1Cc2cc(C(F)(F)F)ccc2N2CCCC[C@H]12. The molecule has 1 fully saturated rings. The van der Waals surface area contributed by atoms with Gasteiger partial charge in [0.2, 0.25) is 0 Å². The molecule has 1 aromatic carbocycles. The second-order valence-electron chi connectivity index (χ2n) is 5.75. The Morgan fingerprint density at radius 2 is 2.05 bits per heavy atom. The van der Waals surface area contributed by atoms with Crippen LogP contribution in [0.15, 0.2) is 18.2 Å². The summed E-state index contributed by atoms with van der Waals surface area (Å²) in [4.78, 5) is 13.4. The summed E-state index contributed by atoms with van der Waals surface area (Å²) in [6.45, 7) is 0.715. The number of alkyl halides is 3. The van der Waals surface area contributed by atoms with Crippen molar-refractivity contribution in [3.05, 3.63) is 29.3 Å². The van der Waals surface area contributed by atoms with Crippen LogP contribution >= 0.6 is 0 Å². The van der Waals surface area contributed by atoms with Crippen LogP contribution in [0.1, 0.15) is 30.4 Å². The molecular weight excluding hydrogens is 283 g/mol. The zero-order valence-electron chi connectivity index (χ0n) is 11.4. The van der Waals surface area contributed by atoms with Gasteiger partial charge >= 0.3 is 12.1 Å². The van der Waals surface area contributed by atoms with Gasteiger partial charge in [0, 0.05) is 18.3 Å². The molecule has 1 aromatic rings. The van der Waals surface area contributed by atoms with E-state index in [0.29, 0.717) is 12.1 Å². The maximum atomic E-state index is 12.8. The predicted octanol–water partition coefficient (Wildman–Crippen LogP) is 3.32. The van der Waals surface area contributed by atoms with E-state index in [1.54, 1.807) is 0 Å². The number of benzene rings is 1. The predicted molar refractivity (Wildman–Crippen MR) is 71.3 cm³/mol. The number of carboxylic acids is 1. The van der Waals surface area contributed by atoms with Gasteiger partial charge in [-0.1, -0.05) is 0 Å². The summed E-state index contributed by atoms with van der Waals surface area (Å²) < 4.78 is 38.5. The second-order valence-corrected chi connectivity index (χ2v) is 5.75. The van der Waals surface area contributed by atoms with Crippen molar-refractivity contribution in [3.8, 4) is 0 Å². The topological polar surface area (TPSA) is 40.5 Å². The number of carboxylic acid groups (broad SMARTS) is 1. The lowest BCUT2D eigenvalue weighted by Crippen LogP contribution is -2.50. The molecule has 3 rings (SSSR count). The molecule has 114 valence electrons. The average molecular weight is 299 g/mol. The molecule has 0 saturated carbocycles. The van der Waals surface area contributed by atoms with E-state index in [0.717, 1.165) is 37.1 Å². The number of hydrogen-bond acceptors (Lipinski definition) is 2. The second kappa shape index (κ2) is 4.93. The highest BCUT2D eigenvalue weighted by Gasteiger charge is 2.40. The fraction of sp³-hybridized carbons (Fsp3) is 0.533. The van der Waals surface area contributed by atoms with Crippen molar-refractivity contribution in [1.29, 1.82) is 0 Å². The van der Waals surface area contributed by atoms with Gasteiger partial charge in [0.1, 0.15) is 0 Å². The lowest BCUT2D eigenvalue weighted by atomic mass is 9.80. The molecule has 0 aromatic heterocycles. The molecule has 0 bridgehead atoms. The number of fused-ring (bicyclic) bond motifs is 3. The van der Waals surface area contributed by atoms with E-state index in [9.17, 15) is 23.1 Å². The first-order valence-electron chi connectivity index (χ1n) is 7.07. The first-order valence-corrected chi connectivity index (χ1v) is 7.07. The Kier molecular flexibility index (Phi) is 3.34. The first-order chi connectivity index (χ1) is 9.88. The monoisotopic (exact) mass is 299 g/mol. The molecule has 6 heteroatoms. The van der Waals surface area contributed by atoms with Crippen LogP contribution in [-0.2, 0) is 17.4 Å². The summed E-state index contributed by atoms with van der Waals surface area (Å²) in [6, 6.07) is 3.59. The highest BCUT2D eigenvalue weighted by atomic mass is 19.4. The molecule has 2 aliphatic rings. The van der Waals surface area contributed by atoms with Crippen LogP contribution in [0.3, 0.4) is 0 Å². The van der Waals surface area contributed by atoms with E-state index >= 15 is 0 Å². The molecule has 0 aliphatic carbocycles. The van der Waals surface area contributed by atoms with E-state index in [1.165, 1.54) is 6.07 Å². The summed E-state index contributed by atoms with van der Waals surface area (Å²) in [6.07, 6.45) is -1.51. The van der Waals surface area contributed by atoms with E-state index in [1.807, 2.05) is 4.90 Å². The molecule has 3 nitrogen and oxygen atoms in total. The van der Waals surface area contributed by atoms with Gasteiger partial charge in [-0.05, 0) is 49.4 Å². The maximum absolute atomic E-state index is 12.8. The number of aliphatic carboxylic acids is 1. The highest BCUT2D eigenvalue weighted by molar-refractivity contribution is 5.75. The fourth-order valence-electron chi connectivity index (χ4n) is 3.51. The van der Waals surface area contributed by atoms with Gasteiger partial charge in [0.05, 0.1) is 11.5 Å². The number of anilines is 1. The Balaban J connectivity index is 2.04. The number of halogens is 3. The van der Waals surface area contributed by atoms with Gasteiger partial charge in [-0.25, -0.2) is 0 Å². The van der Waals surface area contributed by atoms with E-state index in [2.05, 4.69) is 0 Å². The first kappa shape index (κ1) is 14.2. The van der Waals surface area contributed by atoms with Crippen LogP contribution in [0, 0.1) is 5.92 Å². The van der Waals surface area contributed by atoms with Crippen molar-refractivity contribution in [3.63, 3.8) is 0 Å². The van der Waals surface area contributed by atoms with Gasteiger partial charge in [0.15, 0.2) is 0 Å². The van der Waals surface area contributed by atoms with Crippen LogP contribution in [0.2, 0.25) is 0 Å². The largest absolute Gasteiger partial charge is 0.481 e. The van der Waals surface area contributed by atoms with Crippen molar-refractivity contribution in [2.45, 2.75) is 37.9 Å². The van der Waals surface area contributed by atoms with Crippen molar-refractivity contribution in [2.24, 2.45) is 5.92 Å². The molecule has 0 amide bonds. The Hall–Kier alpha value is -1.72. The lowest BCUT2D eigenvalue weighted by Gasteiger charge is -2.45. The third kappa shape index (κ3) is 2.47. The molecule has 1 saturated heterocycles. The number of rotatable bonds is 1. The van der Waals surface area contributed by atoms with Crippen LogP contribution in [0.25, 0.3) is 0 Å². The Morgan fingerprint density at radius 3 is 2.71 bits per heavy atom. The van der Waals surface area contributed by atoms with Crippen molar-refractivity contribution < 1.29 is 23.1 Å². The normalized spacial score (nSPS) is 25.2. The molecule has 2 atom stereocenters. The van der Waals surface area contributed by atoms with Crippen LogP contribution in [0.5, 0.6) is 0 Å². The van der Waals surface area contributed by atoms with Gasteiger partial charge in [-0.15, -0.1) is 0 Å². The standard InChI is InChI=1S/C15H16F3NO2/c16-15(17,18)10-4-5-12-9(7-10)8-11(14(20)21)13-3-1-2-6-19(12)13/h4-5,7,11,13H,1-3,6,8H2,(H,20,21)/t11-,13+/m0/s1. The highest BCUT2D eigenvalue weighted by Crippen LogP contribution is 2.41. The number of hydrogen-bond donors (Lipinski definition) is 1. The van der Waals surface area contributed by atoms with E-state index < -0.39 is 23.6 Å². The van der Waals surface area contributed by atoms with Gasteiger partial charge in [0.25, 0.3) is 0 Å². The molecule has 1 N–H and O–H groups in total. The summed E-state index contributed by atoms with van der Waals surface area (Å²) in [5, 5.41) is 9.38. The third-order valence-corrected chi connectivity index (χ3v) is 4.49. The van der Waals surface area contributed by atoms with Crippen LogP contribution in [0.4, 0.5) is 18.9 Å². The van der Waals surface area contributed by atoms with E-state index in [-0.39, 0.29) is 12.5 Å². The molecule has 21 heavy (non-hydrogen) atoms. The molecular formula is C15H16F3NO2. The van der Waals surface area contributed by atoms with Gasteiger partial charge in [-0.2, -0.15) is 13.2 Å². The minimum Gasteiger partial charge on any atom is -0.481 e. The van der Waals surface area contributed by atoms with Gasteiger partial charge < -0.3 is 10.0 Å². The van der Waals surface area contributed by atoms with E-state index in [4.69, 9.17) is 0 Å². The van der Waals surface area contributed by atoms with Crippen molar-refractivity contribution in [2.75, 3.05) is 11.4 Å².